The Bertz CT molecular complexity index is 649. The van der Waals surface area contributed by atoms with Crippen molar-refractivity contribution < 1.29 is 9.47 Å². The number of aryl methyl sites for hydroxylation is 1. The standard InChI is InChI=1S/C28H49NO3/c1-3-5-6-7-8-9-10-11-12-13-14-15-16-18-22-29-23-21-26(30)28(25(29)4-2)32-27-20-17-19-24-31-27/h21,23,27H,3-20,22,24H2,1-2H3. The molecule has 0 aliphatic carbocycles. The van der Waals surface area contributed by atoms with Crippen molar-refractivity contribution in [2.45, 2.75) is 142 Å². The number of rotatable bonds is 18. The number of hydrogen-bond donors (Lipinski definition) is 0. The topological polar surface area (TPSA) is 40.5 Å². The maximum Gasteiger partial charge on any atom is 0.223 e. The molecule has 1 saturated heterocycles. The summed E-state index contributed by atoms with van der Waals surface area (Å²) < 4.78 is 13.9. The molecule has 2 rings (SSSR count). The van der Waals surface area contributed by atoms with E-state index in [1.54, 1.807) is 6.07 Å². The molecule has 0 saturated carbocycles. The SMILES string of the molecule is CCCCCCCCCCCCCCCCn1ccc(=O)c(OC2CCCCO2)c1CC. The Morgan fingerprint density at radius 2 is 1.47 bits per heavy atom. The molecule has 2 heterocycles. The van der Waals surface area contributed by atoms with Crippen LogP contribution in [0.25, 0.3) is 0 Å². The first kappa shape index (κ1) is 27.0. The molecule has 1 unspecified atom stereocenters. The van der Waals surface area contributed by atoms with Crippen LogP contribution >= 0.6 is 0 Å². The van der Waals surface area contributed by atoms with E-state index in [0.29, 0.717) is 5.75 Å². The molecular weight excluding hydrogens is 398 g/mol. The van der Waals surface area contributed by atoms with Crippen LogP contribution in [-0.2, 0) is 17.7 Å². The van der Waals surface area contributed by atoms with Crippen LogP contribution in [0, 0.1) is 0 Å². The lowest BCUT2D eigenvalue weighted by molar-refractivity contribution is -0.107. The normalized spacial score (nSPS) is 16.4. The van der Waals surface area contributed by atoms with Gasteiger partial charge in [0.25, 0.3) is 0 Å². The third-order valence-electron chi connectivity index (χ3n) is 6.71. The third kappa shape index (κ3) is 10.6. The monoisotopic (exact) mass is 447 g/mol. The van der Waals surface area contributed by atoms with E-state index in [-0.39, 0.29) is 11.7 Å². The molecule has 0 spiro atoms. The minimum Gasteiger partial charge on any atom is -0.459 e. The summed E-state index contributed by atoms with van der Waals surface area (Å²) in [4.78, 5) is 12.4. The highest BCUT2D eigenvalue weighted by molar-refractivity contribution is 5.28. The minimum atomic E-state index is -0.265. The molecule has 32 heavy (non-hydrogen) atoms. The Morgan fingerprint density at radius 3 is 2.00 bits per heavy atom. The summed E-state index contributed by atoms with van der Waals surface area (Å²) in [6.45, 7) is 6.08. The number of aromatic nitrogens is 1. The van der Waals surface area contributed by atoms with Gasteiger partial charge in [-0.1, -0.05) is 97.3 Å². The van der Waals surface area contributed by atoms with Gasteiger partial charge in [-0.2, -0.15) is 0 Å². The largest absolute Gasteiger partial charge is 0.459 e. The van der Waals surface area contributed by atoms with E-state index in [1.807, 2.05) is 6.20 Å². The van der Waals surface area contributed by atoms with Crippen molar-refractivity contribution in [1.82, 2.24) is 4.57 Å². The average Bonchev–Trinajstić information content (AvgIpc) is 2.82. The molecule has 1 atom stereocenters. The first-order valence-electron chi connectivity index (χ1n) is 13.8. The first-order valence-corrected chi connectivity index (χ1v) is 13.8. The molecule has 4 nitrogen and oxygen atoms in total. The first-order chi connectivity index (χ1) is 15.8. The zero-order chi connectivity index (χ0) is 22.9. The van der Waals surface area contributed by atoms with Crippen molar-refractivity contribution in [2.75, 3.05) is 6.61 Å². The Kier molecular flexibility index (Phi) is 14.5. The van der Waals surface area contributed by atoms with Crippen LogP contribution < -0.4 is 10.2 Å². The highest BCUT2D eigenvalue weighted by Crippen LogP contribution is 2.21. The third-order valence-corrected chi connectivity index (χ3v) is 6.71. The quantitative estimate of drug-likeness (QED) is 0.216. The Labute approximate surface area is 197 Å². The number of ether oxygens (including phenoxy) is 2. The highest BCUT2D eigenvalue weighted by Gasteiger charge is 2.19. The van der Waals surface area contributed by atoms with Gasteiger partial charge in [-0.05, 0) is 25.7 Å². The highest BCUT2D eigenvalue weighted by atomic mass is 16.7. The second-order valence-corrected chi connectivity index (χ2v) is 9.51. The van der Waals surface area contributed by atoms with E-state index < -0.39 is 0 Å². The number of hydrogen-bond acceptors (Lipinski definition) is 3. The summed E-state index contributed by atoms with van der Waals surface area (Å²) in [6, 6.07) is 1.65. The van der Waals surface area contributed by atoms with Crippen molar-refractivity contribution in [3.05, 3.63) is 28.2 Å². The summed E-state index contributed by atoms with van der Waals surface area (Å²) in [7, 11) is 0. The van der Waals surface area contributed by atoms with Crippen LogP contribution in [0.5, 0.6) is 5.75 Å². The van der Waals surface area contributed by atoms with Gasteiger partial charge in [-0.3, -0.25) is 4.79 Å². The van der Waals surface area contributed by atoms with Gasteiger partial charge in [0.15, 0.2) is 12.0 Å². The molecule has 1 aliphatic rings. The number of unbranched alkanes of at least 4 members (excludes halogenated alkanes) is 13. The zero-order valence-electron chi connectivity index (χ0n) is 21.0. The van der Waals surface area contributed by atoms with Crippen molar-refractivity contribution in [3.63, 3.8) is 0 Å². The van der Waals surface area contributed by atoms with Crippen LogP contribution in [0.4, 0.5) is 0 Å². The smallest absolute Gasteiger partial charge is 0.223 e. The van der Waals surface area contributed by atoms with E-state index >= 15 is 0 Å². The van der Waals surface area contributed by atoms with E-state index in [2.05, 4.69) is 18.4 Å². The summed E-state index contributed by atoms with van der Waals surface area (Å²) in [5.41, 5.74) is 0.995. The van der Waals surface area contributed by atoms with Crippen LogP contribution in [0.15, 0.2) is 17.1 Å². The maximum atomic E-state index is 12.4. The lowest BCUT2D eigenvalue weighted by Gasteiger charge is -2.25. The van der Waals surface area contributed by atoms with E-state index in [9.17, 15) is 4.79 Å². The van der Waals surface area contributed by atoms with Gasteiger partial charge in [0.2, 0.25) is 5.43 Å². The maximum absolute atomic E-state index is 12.4. The second-order valence-electron chi connectivity index (χ2n) is 9.51. The molecule has 0 amide bonds. The molecule has 0 bridgehead atoms. The predicted molar refractivity (Wildman–Crippen MR) is 135 cm³/mol. The minimum absolute atomic E-state index is 0.0202. The number of nitrogens with zero attached hydrogens (tertiary/aromatic N) is 1. The van der Waals surface area contributed by atoms with Crippen molar-refractivity contribution in [1.29, 1.82) is 0 Å². The van der Waals surface area contributed by atoms with Gasteiger partial charge < -0.3 is 14.0 Å². The van der Waals surface area contributed by atoms with Crippen molar-refractivity contribution in [3.8, 4) is 5.75 Å². The van der Waals surface area contributed by atoms with Crippen molar-refractivity contribution in [2.24, 2.45) is 0 Å². The van der Waals surface area contributed by atoms with Gasteiger partial charge in [-0.15, -0.1) is 0 Å². The van der Waals surface area contributed by atoms with Crippen molar-refractivity contribution >= 4 is 0 Å². The van der Waals surface area contributed by atoms with Crippen LogP contribution in [0.1, 0.15) is 129 Å². The molecule has 4 heteroatoms. The fourth-order valence-corrected chi connectivity index (χ4v) is 4.71. The lowest BCUT2D eigenvalue weighted by atomic mass is 10.0. The molecule has 1 aromatic heterocycles. The van der Waals surface area contributed by atoms with Gasteiger partial charge in [0, 0.05) is 25.2 Å². The molecule has 184 valence electrons. The van der Waals surface area contributed by atoms with Gasteiger partial charge in [0.1, 0.15) is 0 Å². The molecular formula is C28H49NO3. The Hall–Kier alpha value is -1.29. The van der Waals surface area contributed by atoms with Gasteiger partial charge in [0.05, 0.1) is 12.3 Å². The summed E-state index contributed by atoms with van der Waals surface area (Å²) >= 11 is 0. The Morgan fingerprint density at radius 1 is 0.875 bits per heavy atom. The molecule has 0 radical (unpaired) electrons. The summed E-state index contributed by atoms with van der Waals surface area (Å²) in [5.74, 6) is 0.507. The number of pyridine rings is 1. The summed E-state index contributed by atoms with van der Waals surface area (Å²) in [5, 5.41) is 0. The summed E-state index contributed by atoms with van der Waals surface area (Å²) in [6.07, 6.45) is 24.7. The predicted octanol–water partition coefficient (Wildman–Crippen LogP) is 7.80. The van der Waals surface area contributed by atoms with Gasteiger partial charge >= 0.3 is 0 Å². The molecule has 1 aliphatic heterocycles. The molecule has 0 aromatic carbocycles. The zero-order valence-corrected chi connectivity index (χ0v) is 21.0. The van der Waals surface area contributed by atoms with Crippen LogP contribution in [0.2, 0.25) is 0 Å². The molecule has 0 N–H and O–H groups in total. The van der Waals surface area contributed by atoms with Crippen LogP contribution in [0.3, 0.4) is 0 Å². The van der Waals surface area contributed by atoms with E-state index in [1.165, 1.54) is 83.5 Å². The van der Waals surface area contributed by atoms with Crippen LogP contribution in [-0.4, -0.2) is 17.5 Å². The van der Waals surface area contributed by atoms with E-state index in [0.717, 1.165) is 50.9 Å². The Balaban J connectivity index is 1.58. The fraction of sp³-hybridized carbons (Fsp3) is 0.821. The fourth-order valence-electron chi connectivity index (χ4n) is 4.71. The average molecular weight is 448 g/mol. The van der Waals surface area contributed by atoms with E-state index in [4.69, 9.17) is 9.47 Å². The van der Waals surface area contributed by atoms with Gasteiger partial charge in [-0.25, -0.2) is 0 Å². The molecule has 1 aromatic rings. The second kappa shape index (κ2) is 17.2. The lowest BCUT2D eigenvalue weighted by Crippen LogP contribution is -2.28. The molecule has 1 fully saturated rings.